The largest absolute Gasteiger partial charge is 0.352 e. The van der Waals surface area contributed by atoms with E-state index < -0.39 is 0 Å². The monoisotopic (exact) mass is 296 g/mol. The number of fused-ring (bicyclic) bond motifs is 1. The van der Waals surface area contributed by atoms with Crippen LogP contribution in [0, 0.1) is 0 Å². The number of benzene rings is 1. The number of anilines is 2. The molecule has 1 N–H and O–H groups in total. The number of unbranched alkanes of at least 4 members (excludes halogenated alkanes) is 1. The Morgan fingerprint density at radius 3 is 2.82 bits per heavy atom. The average molecular weight is 296 g/mol. The summed E-state index contributed by atoms with van der Waals surface area (Å²) in [6, 6.07) is 8.28. The summed E-state index contributed by atoms with van der Waals surface area (Å²) in [5.74, 6) is 0.539. The number of nitrogens with zero attached hydrogens (tertiary/aromatic N) is 3. The highest BCUT2D eigenvalue weighted by molar-refractivity contribution is 5.93. The summed E-state index contributed by atoms with van der Waals surface area (Å²) in [4.78, 5) is 22.8. The van der Waals surface area contributed by atoms with E-state index in [1.807, 2.05) is 12.1 Å². The van der Waals surface area contributed by atoms with E-state index in [-0.39, 0.29) is 5.91 Å². The van der Waals surface area contributed by atoms with Crippen LogP contribution in [0.15, 0.2) is 36.7 Å². The fourth-order valence-corrected chi connectivity index (χ4v) is 2.60. The molecule has 0 radical (unpaired) electrons. The van der Waals surface area contributed by atoms with Crippen LogP contribution >= 0.6 is 0 Å². The second kappa shape index (κ2) is 6.56. The third-order valence-electron chi connectivity index (χ3n) is 3.84. The Kier molecular flexibility index (Phi) is 4.32. The summed E-state index contributed by atoms with van der Waals surface area (Å²) in [5, 5.41) is 2.87. The zero-order valence-corrected chi connectivity index (χ0v) is 12.7. The van der Waals surface area contributed by atoms with E-state index in [2.05, 4.69) is 39.2 Å². The van der Waals surface area contributed by atoms with Crippen molar-refractivity contribution in [3.8, 4) is 0 Å². The van der Waals surface area contributed by atoms with Gasteiger partial charge in [-0.3, -0.25) is 4.79 Å². The van der Waals surface area contributed by atoms with Crippen LogP contribution in [0.25, 0.3) is 0 Å². The molecule has 0 saturated heterocycles. The van der Waals surface area contributed by atoms with Gasteiger partial charge in [-0.2, -0.15) is 0 Å². The standard InChI is InChI=1S/C17H20N4O/c1-2-3-9-18-16(22)14-11-19-17(20-12-14)21-10-8-13-6-4-5-7-15(13)21/h4-7,11-12H,2-3,8-10H2,1H3,(H,18,22). The quantitative estimate of drug-likeness (QED) is 0.862. The van der Waals surface area contributed by atoms with Gasteiger partial charge < -0.3 is 10.2 Å². The molecule has 0 aliphatic carbocycles. The van der Waals surface area contributed by atoms with Crippen molar-refractivity contribution in [1.82, 2.24) is 15.3 Å². The minimum atomic E-state index is -0.109. The van der Waals surface area contributed by atoms with Crippen LogP contribution in [0.1, 0.15) is 35.7 Å². The van der Waals surface area contributed by atoms with Gasteiger partial charge in [-0.1, -0.05) is 31.5 Å². The number of carbonyl (C=O) groups excluding carboxylic acids is 1. The van der Waals surface area contributed by atoms with E-state index in [1.54, 1.807) is 12.4 Å². The summed E-state index contributed by atoms with van der Waals surface area (Å²) < 4.78 is 0. The molecule has 2 heterocycles. The lowest BCUT2D eigenvalue weighted by molar-refractivity contribution is 0.0952. The van der Waals surface area contributed by atoms with Crippen LogP contribution in [0.2, 0.25) is 0 Å². The Labute approximate surface area is 130 Å². The number of aromatic nitrogens is 2. The molecule has 2 aromatic rings. The van der Waals surface area contributed by atoms with Gasteiger partial charge >= 0.3 is 0 Å². The van der Waals surface area contributed by atoms with Gasteiger partial charge in [0.25, 0.3) is 5.91 Å². The van der Waals surface area contributed by atoms with Gasteiger partial charge in [0, 0.05) is 31.2 Å². The third kappa shape index (κ3) is 2.93. The Hall–Kier alpha value is -2.43. The van der Waals surface area contributed by atoms with Crippen molar-refractivity contribution in [2.24, 2.45) is 0 Å². The van der Waals surface area contributed by atoms with Crippen LogP contribution < -0.4 is 10.2 Å². The Morgan fingerprint density at radius 1 is 1.27 bits per heavy atom. The molecule has 5 heteroatoms. The van der Waals surface area contributed by atoms with E-state index >= 15 is 0 Å². The molecular formula is C17H20N4O. The van der Waals surface area contributed by atoms with Crippen molar-refractivity contribution < 1.29 is 4.79 Å². The molecule has 0 saturated carbocycles. The SMILES string of the molecule is CCCCNC(=O)c1cnc(N2CCc3ccccc32)nc1. The molecule has 0 atom stereocenters. The molecule has 1 amide bonds. The van der Waals surface area contributed by atoms with Gasteiger partial charge in [0.1, 0.15) is 0 Å². The van der Waals surface area contributed by atoms with Gasteiger partial charge in [0.15, 0.2) is 0 Å². The van der Waals surface area contributed by atoms with Crippen molar-refractivity contribution >= 4 is 17.5 Å². The zero-order chi connectivity index (χ0) is 15.4. The first kappa shape index (κ1) is 14.5. The molecule has 5 nitrogen and oxygen atoms in total. The average Bonchev–Trinajstić information content (AvgIpc) is 2.99. The molecule has 0 bridgehead atoms. The summed E-state index contributed by atoms with van der Waals surface area (Å²) >= 11 is 0. The van der Waals surface area contributed by atoms with Crippen molar-refractivity contribution in [1.29, 1.82) is 0 Å². The molecule has 1 aliphatic heterocycles. The van der Waals surface area contributed by atoms with Gasteiger partial charge in [-0.25, -0.2) is 9.97 Å². The highest BCUT2D eigenvalue weighted by Gasteiger charge is 2.21. The van der Waals surface area contributed by atoms with E-state index in [9.17, 15) is 4.79 Å². The van der Waals surface area contributed by atoms with Crippen molar-refractivity contribution in [2.75, 3.05) is 18.0 Å². The maximum atomic E-state index is 11.9. The van der Waals surface area contributed by atoms with E-state index in [4.69, 9.17) is 0 Å². The van der Waals surface area contributed by atoms with E-state index in [0.29, 0.717) is 18.1 Å². The van der Waals surface area contributed by atoms with E-state index in [0.717, 1.165) is 31.5 Å². The molecule has 3 rings (SSSR count). The highest BCUT2D eigenvalue weighted by Crippen LogP contribution is 2.31. The molecule has 114 valence electrons. The number of para-hydroxylation sites is 1. The molecule has 22 heavy (non-hydrogen) atoms. The third-order valence-corrected chi connectivity index (χ3v) is 3.84. The second-order valence-electron chi connectivity index (χ2n) is 5.41. The van der Waals surface area contributed by atoms with Crippen LogP contribution in [-0.2, 0) is 6.42 Å². The van der Waals surface area contributed by atoms with Crippen molar-refractivity contribution in [3.63, 3.8) is 0 Å². The lowest BCUT2D eigenvalue weighted by Crippen LogP contribution is -2.25. The van der Waals surface area contributed by atoms with E-state index in [1.165, 1.54) is 5.56 Å². The fraction of sp³-hybridized carbons (Fsp3) is 0.353. The number of hydrogen-bond donors (Lipinski definition) is 1. The minimum Gasteiger partial charge on any atom is -0.352 e. The topological polar surface area (TPSA) is 58.1 Å². The van der Waals surface area contributed by atoms with Gasteiger partial charge in [0.2, 0.25) is 5.95 Å². The molecule has 0 fully saturated rings. The fourth-order valence-electron chi connectivity index (χ4n) is 2.60. The summed E-state index contributed by atoms with van der Waals surface area (Å²) in [6.45, 7) is 3.66. The zero-order valence-electron chi connectivity index (χ0n) is 12.7. The molecule has 0 unspecified atom stereocenters. The maximum Gasteiger partial charge on any atom is 0.254 e. The van der Waals surface area contributed by atoms with Crippen LogP contribution in [0.4, 0.5) is 11.6 Å². The number of carbonyl (C=O) groups is 1. The van der Waals surface area contributed by atoms with Crippen LogP contribution in [0.3, 0.4) is 0 Å². The van der Waals surface area contributed by atoms with Gasteiger partial charge in [-0.15, -0.1) is 0 Å². The Balaban J connectivity index is 1.71. The molecule has 0 spiro atoms. The predicted molar refractivity (Wildman–Crippen MR) is 86.4 cm³/mol. The first-order valence-electron chi connectivity index (χ1n) is 7.75. The Bertz CT molecular complexity index is 654. The first-order chi connectivity index (χ1) is 10.8. The number of amides is 1. The maximum absolute atomic E-state index is 11.9. The summed E-state index contributed by atoms with van der Waals surface area (Å²) in [6.07, 6.45) is 6.24. The van der Waals surface area contributed by atoms with Crippen molar-refractivity contribution in [3.05, 3.63) is 47.8 Å². The first-order valence-corrected chi connectivity index (χ1v) is 7.75. The number of nitrogens with one attached hydrogen (secondary N) is 1. The number of rotatable bonds is 5. The molecule has 1 aliphatic rings. The normalized spacial score (nSPS) is 13.0. The minimum absolute atomic E-state index is 0.109. The van der Waals surface area contributed by atoms with Crippen LogP contribution in [0.5, 0.6) is 0 Å². The second-order valence-corrected chi connectivity index (χ2v) is 5.41. The predicted octanol–water partition coefficient (Wildman–Crippen LogP) is 2.70. The smallest absolute Gasteiger partial charge is 0.254 e. The molecule has 1 aromatic heterocycles. The lowest BCUT2D eigenvalue weighted by atomic mass is 10.2. The summed E-state index contributed by atoms with van der Waals surface area (Å²) in [7, 11) is 0. The van der Waals surface area contributed by atoms with Gasteiger partial charge in [-0.05, 0) is 24.5 Å². The highest BCUT2D eigenvalue weighted by atomic mass is 16.1. The Morgan fingerprint density at radius 2 is 2.05 bits per heavy atom. The molecular weight excluding hydrogens is 276 g/mol. The number of hydrogen-bond acceptors (Lipinski definition) is 4. The van der Waals surface area contributed by atoms with Crippen molar-refractivity contribution in [2.45, 2.75) is 26.2 Å². The summed E-state index contributed by atoms with van der Waals surface area (Å²) in [5.41, 5.74) is 2.97. The lowest BCUT2D eigenvalue weighted by Gasteiger charge is -2.16. The molecule has 1 aromatic carbocycles. The van der Waals surface area contributed by atoms with Gasteiger partial charge in [0.05, 0.1) is 5.56 Å². The van der Waals surface area contributed by atoms with Crippen LogP contribution in [-0.4, -0.2) is 29.0 Å².